The Morgan fingerprint density at radius 2 is 1.96 bits per heavy atom. The minimum absolute atomic E-state index is 0.0311. The molecule has 1 unspecified atom stereocenters. The summed E-state index contributed by atoms with van der Waals surface area (Å²) >= 11 is 0. The van der Waals surface area contributed by atoms with Crippen molar-refractivity contribution in [1.29, 1.82) is 5.26 Å². The Hall–Kier alpha value is -2.94. The molecule has 6 heteroatoms. The maximum Gasteiger partial charge on any atom is 0.338 e. The van der Waals surface area contributed by atoms with Gasteiger partial charge in [0.2, 0.25) is 5.88 Å². The summed E-state index contributed by atoms with van der Waals surface area (Å²) in [4.78, 5) is 12.4. The van der Waals surface area contributed by atoms with E-state index < -0.39 is 11.9 Å². The molecule has 6 nitrogen and oxygen atoms in total. The number of hydrogen-bond acceptors (Lipinski definition) is 6. The second kappa shape index (κ2) is 6.67. The van der Waals surface area contributed by atoms with Gasteiger partial charge in [0.05, 0.1) is 18.1 Å². The Kier molecular flexibility index (Phi) is 4.84. The second-order valence-electron chi connectivity index (χ2n) is 5.62. The third kappa shape index (κ3) is 2.93. The molecule has 24 heavy (non-hydrogen) atoms. The van der Waals surface area contributed by atoms with Crippen LogP contribution in [0.5, 0.6) is 5.75 Å². The van der Waals surface area contributed by atoms with Crippen molar-refractivity contribution in [2.24, 2.45) is 5.73 Å². The summed E-state index contributed by atoms with van der Waals surface area (Å²) in [6.45, 7) is 7.03. The van der Waals surface area contributed by atoms with Crippen LogP contribution in [0.1, 0.15) is 36.5 Å². The van der Waals surface area contributed by atoms with Gasteiger partial charge < -0.3 is 20.3 Å². The molecule has 0 aromatic heterocycles. The van der Waals surface area contributed by atoms with Gasteiger partial charge >= 0.3 is 5.97 Å². The fourth-order valence-corrected chi connectivity index (χ4v) is 2.84. The van der Waals surface area contributed by atoms with Crippen LogP contribution >= 0.6 is 0 Å². The Balaban J connectivity index is 2.69. The lowest BCUT2D eigenvalue weighted by atomic mass is 9.82. The van der Waals surface area contributed by atoms with E-state index in [4.69, 9.17) is 15.2 Å². The molecule has 0 aliphatic carbocycles. The molecule has 2 rings (SSSR count). The highest BCUT2D eigenvalue weighted by molar-refractivity contribution is 5.92. The largest absolute Gasteiger partial charge is 0.507 e. The maximum absolute atomic E-state index is 12.4. The van der Waals surface area contributed by atoms with Gasteiger partial charge in [0.1, 0.15) is 23.2 Å². The molecule has 0 bridgehead atoms. The molecular weight excluding hydrogens is 308 g/mol. The number of nitrogens with two attached hydrogens (primary N) is 1. The molecule has 1 atom stereocenters. The van der Waals surface area contributed by atoms with Gasteiger partial charge in [0, 0.05) is 0 Å². The SMILES string of the molecule is CCOC(=O)C1=C(C)OC(N)=C(C#N)C1c1cc(C)c(O)c(C)c1. The van der Waals surface area contributed by atoms with Crippen LogP contribution in [0.2, 0.25) is 0 Å². The number of phenolic OH excluding ortho intramolecular Hbond substituents is 1. The lowest BCUT2D eigenvalue weighted by molar-refractivity contribution is -0.139. The first-order valence-electron chi connectivity index (χ1n) is 7.57. The number of carbonyl (C=O) groups is 1. The molecule has 1 aromatic carbocycles. The van der Waals surface area contributed by atoms with E-state index in [2.05, 4.69) is 0 Å². The van der Waals surface area contributed by atoms with Crippen molar-refractivity contribution in [3.8, 4) is 11.8 Å². The number of nitriles is 1. The molecule has 0 amide bonds. The van der Waals surface area contributed by atoms with E-state index in [9.17, 15) is 15.2 Å². The average molecular weight is 328 g/mol. The van der Waals surface area contributed by atoms with Crippen molar-refractivity contribution in [2.75, 3.05) is 6.61 Å². The highest BCUT2D eigenvalue weighted by Gasteiger charge is 2.36. The monoisotopic (exact) mass is 328 g/mol. The number of esters is 1. The fourth-order valence-electron chi connectivity index (χ4n) is 2.84. The Morgan fingerprint density at radius 3 is 2.46 bits per heavy atom. The van der Waals surface area contributed by atoms with Crippen LogP contribution in [0, 0.1) is 25.2 Å². The van der Waals surface area contributed by atoms with Crippen molar-refractivity contribution in [2.45, 2.75) is 33.6 Å². The zero-order chi connectivity index (χ0) is 18.0. The molecule has 1 heterocycles. The average Bonchev–Trinajstić information content (AvgIpc) is 2.51. The first-order valence-corrected chi connectivity index (χ1v) is 7.57. The van der Waals surface area contributed by atoms with Gasteiger partial charge in [-0.05, 0) is 44.4 Å². The molecule has 0 radical (unpaired) electrons. The van der Waals surface area contributed by atoms with Gasteiger partial charge in [-0.2, -0.15) is 5.26 Å². The fraction of sp³-hybridized carbons (Fsp3) is 0.333. The van der Waals surface area contributed by atoms with E-state index in [0.29, 0.717) is 22.4 Å². The van der Waals surface area contributed by atoms with Gasteiger partial charge in [-0.3, -0.25) is 0 Å². The van der Waals surface area contributed by atoms with Crippen LogP contribution in [0.25, 0.3) is 0 Å². The summed E-state index contributed by atoms with van der Waals surface area (Å²) in [6, 6.07) is 5.49. The van der Waals surface area contributed by atoms with Gasteiger partial charge in [0.25, 0.3) is 0 Å². The van der Waals surface area contributed by atoms with Gasteiger partial charge in [-0.25, -0.2) is 4.79 Å². The zero-order valence-corrected chi connectivity index (χ0v) is 14.1. The van der Waals surface area contributed by atoms with Crippen LogP contribution in [0.3, 0.4) is 0 Å². The number of benzene rings is 1. The molecule has 1 aliphatic rings. The zero-order valence-electron chi connectivity index (χ0n) is 14.1. The number of ether oxygens (including phenoxy) is 2. The molecule has 0 fully saturated rings. The van der Waals surface area contributed by atoms with E-state index in [0.717, 1.165) is 0 Å². The Labute approximate surface area is 140 Å². The number of aryl methyl sites for hydroxylation is 2. The summed E-state index contributed by atoms with van der Waals surface area (Å²) in [7, 11) is 0. The highest BCUT2D eigenvalue weighted by atomic mass is 16.5. The quantitative estimate of drug-likeness (QED) is 0.826. The molecule has 1 aromatic rings. The third-order valence-corrected chi connectivity index (χ3v) is 3.95. The van der Waals surface area contributed by atoms with Crippen LogP contribution in [-0.4, -0.2) is 17.7 Å². The number of aromatic hydroxyl groups is 1. The van der Waals surface area contributed by atoms with Crippen molar-refractivity contribution in [3.63, 3.8) is 0 Å². The predicted molar refractivity (Wildman–Crippen MR) is 87.6 cm³/mol. The van der Waals surface area contributed by atoms with Crippen molar-refractivity contribution in [3.05, 3.63) is 51.6 Å². The number of rotatable bonds is 3. The molecule has 126 valence electrons. The number of carbonyl (C=O) groups excluding carboxylic acids is 1. The number of phenols is 1. The van der Waals surface area contributed by atoms with E-state index in [-0.39, 0.29) is 29.4 Å². The van der Waals surface area contributed by atoms with E-state index in [1.165, 1.54) is 0 Å². The van der Waals surface area contributed by atoms with Crippen LogP contribution in [-0.2, 0) is 14.3 Å². The summed E-state index contributed by atoms with van der Waals surface area (Å²) in [6.07, 6.45) is 0. The van der Waals surface area contributed by atoms with Crippen molar-refractivity contribution in [1.82, 2.24) is 0 Å². The number of nitrogens with zero attached hydrogens (tertiary/aromatic N) is 1. The minimum atomic E-state index is -0.694. The molecule has 0 spiro atoms. The van der Waals surface area contributed by atoms with Gasteiger partial charge in [0.15, 0.2) is 0 Å². The van der Waals surface area contributed by atoms with Crippen LogP contribution < -0.4 is 5.73 Å². The molecule has 3 N–H and O–H groups in total. The summed E-state index contributed by atoms with van der Waals surface area (Å²) in [5.74, 6) is -0.793. The van der Waals surface area contributed by atoms with E-state index >= 15 is 0 Å². The molecule has 1 aliphatic heterocycles. The lowest BCUT2D eigenvalue weighted by Crippen LogP contribution is -2.25. The third-order valence-electron chi connectivity index (χ3n) is 3.95. The molecule has 0 saturated heterocycles. The minimum Gasteiger partial charge on any atom is -0.507 e. The summed E-state index contributed by atoms with van der Waals surface area (Å²) in [5.41, 5.74) is 8.21. The van der Waals surface area contributed by atoms with Crippen molar-refractivity contribution >= 4 is 5.97 Å². The first kappa shape index (κ1) is 17.4. The highest BCUT2D eigenvalue weighted by Crippen LogP contribution is 2.41. The number of allylic oxidation sites excluding steroid dienone is 2. The smallest absolute Gasteiger partial charge is 0.338 e. The Morgan fingerprint density at radius 1 is 1.38 bits per heavy atom. The van der Waals surface area contributed by atoms with Crippen molar-refractivity contribution < 1.29 is 19.4 Å². The summed E-state index contributed by atoms with van der Waals surface area (Å²) < 4.78 is 10.5. The van der Waals surface area contributed by atoms with E-state index in [1.54, 1.807) is 39.8 Å². The van der Waals surface area contributed by atoms with Gasteiger partial charge in [-0.15, -0.1) is 0 Å². The number of hydrogen-bond donors (Lipinski definition) is 2. The second-order valence-corrected chi connectivity index (χ2v) is 5.62. The normalized spacial score (nSPS) is 17.4. The molecule has 0 saturated carbocycles. The lowest BCUT2D eigenvalue weighted by Gasteiger charge is -2.27. The standard InChI is InChI=1S/C18H20N2O4/c1-5-23-18(22)14-11(4)24-17(20)13(8-19)15(14)12-6-9(2)16(21)10(3)7-12/h6-7,15,21H,5,20H2,1-4H3. The van der Waals surface area contributed by atoms with E-state index in [1.807, 2.05) is 6.07 Å². The maximum atomic E-state index is 12.4. The summed E-state index contributed by atoms with van der Waals surface area (Å²) in [5, 5.41) is 19.5. The van der Waals surface area contributed by atoms with Gasteiger partial charge in [-0.1, -0.05) is 12.1 Å². The van der Waals surface area contributed by atoms with Crippen LogP contribution in [0.15, 0.2) is 34.9 Å². The predicted octanol–water partition coefficient (Wildman–Crippen LogP) is 2.65. The van der Waals surface area contributed by atoms with Crippen LogP contribution in [0.4, 0.5) is 0 Å². The molecular formula is C18H20N2O4. The topological polar surface area (TPSA) is 106 Å². The Bertz CT molecular complexity index is 777. The first-order chi connectivity index (χ1) is 11.3.